The predicted molar refractivity (Wildman–Crippen MR) is 135 cm³/mol. The van der Waals surface area contributed by atoms with Crippen molar-refractivity contribution >= 4 is 11.8 Å². The fourth-order valence-electron chi connectivity index (χ4n) is 5.22. The first-order valence-corrected chi connectivity index (χ1v) is 12.5. The molecule has 0 radical (unpaired) electrons. The van der Waals surface area contributed by atoms with E-state index in [9.17, 15) is 9.59 Å². The van der Waals surface area contributed by atoms with E-state index in [1.54, 1.807) is 7.05 Å². The van der Waals surface area contributed by atoms with E-state index in [0.717, 1.165) is 52.0 Å². The molecule has 2 fully saturated rings. The lowest BCUT2D eigenvalue weighted by atomic mass is 9.78. The van der Waals surface area contributed by atoms with Crippen LogP contribution in [0.3, 0.4) is 0 Å². The molecule has 2 aliphatic rings. The van der Waals surface area contributed by atoms with Crippen LogP contribution in [0.5, 0.6) is 0 Å². The van der Waals surface area contributed by atoms with Crippen molar-refractivity contribution in [1.82, 2.24) is 20.0 Å². The Kier molecular flexibility index (Phi) is 8.01. The van der Waals surface area contributed by atoms with Gasteiger partial charge in [0.15, 0.2) is 0 Å². The number of hydrogen-bond acceptors (Lipinski definition) is 4. The second-order valence-corrected chi connectivity index (χ2v) is 9.99. The maximum absolute atomic E-state index is 13.8. The minimum absolute atomic E-state index is 0.0668. The maximum atomic E-state index is 13.8. The predicted octanol–water partition coefficient (Wildman–Crippen LogP) is 2.79. The highest BCUT2D eigenvalue weighted by Gasteiger charge is 2.44. The third kappa shape index (κ3) is 5.86. The maximum Gasteiger partial charge on any atom is 0.243 e. The van der Waals surface area contributed by atoms with Crippen molar-refractivity contribution < 1.29 is 9.59 Å². The number of likely N-dealkylation sites (N-methyl/N-ethyl adjacent to an activating group) is 1. The summed E-state index contributed by atoms with van der Waals surface area (Å²) in [7, 11) is 1.66. The number of rotatable bonds is 7. The summed E-state index contributed by atoms with van der Waals surface area (Å²) in [5.74, 6) is 0.0750. The minimum atomic E-state index is -0.429. The Morgan fingerprint density at radius 2 is 1.50 bits per heavy atom. The van der Waals surface area contributed by atoms with Gasteiger partial charge in [-0.1, -0.05) is 67.6 Å². The van der Waals surface area contributed by atoms with E-state index in [0.29, 0.717) is 13.1 Å². The van der Waals surface area contributed by atoms with E-state index in [4.69, 9.17) is 0 Å². The van der Waals surface area contributed by atoms with Crippen LogP contribution in [0.1, 0.15) is 30.9 Å². The molecule has 2 aliphatic heterocycles. The number of piperidine rings is 1. The van der Waals surface area contributed by atoms with Gasteiger partial charge < -0.3 is 10.2 Å². The lowest BCUT2D eigenvalue weighted by Crippen LogP contribution is -2.63. The number of amides is 2. The zero-order valence-corrected chi connectivity index (χ0v) is 20.6. The van der Waals surface area contributed by atoms with Crippen LogP contribution in [0, 0.1) is 5.41 Å². The molecule has 2 saturated heterocycles. The molecule has 0 aliphatic carbocycles. The molecule has 2 amide bonds. The number of carbonyl (C=O) groups is 2. The fraction of sp³-hybridized carbons (Fsp3) is 0.500. The van der Waals surface area contributed by atoms with Crippen LogP contribution in [-0.2, 0) is 22.6 Å². The van der Waals surface area contributed by atoms with Gasteiger partial charge in [0.1, 0.15) is 6.04 Å². The van der Waals surface area contributed by atoms with Crippen LogP contribution in [0.4, 0.5) is 0 Å². The van der Waals surface area contributed by atoms with Gasteiger partial charge in [-0.2, -0.15) is 0 Å². The summed E-state index contributed by atoms with van der Waals surface area (Å²) in [5.41, 5.74) is 2.20. The van der Waals surface area contributed by atoms with Crippen molar-refractivity contribution in [1.29, 1.82) is 0 Å². The highest BCUT2D eigenvalue weighted by Crippen LogP contribution is 2.35. The van der Waals surface area contributed by atoms with Gasteiger partial charge >= 0.3 is 0 Å². The first kappa shape index (κ1) is 24.4. The van der Waals surface area contributed by atoms with Crippen LogP contribution in [0.25, 0.3) is 0 Å². The average molecular weight is 463 g/mol. The summed E-state index contributed by atoms with van der Waals surface area (Å²) in [6, 6.07) is 20.5. The van der Waals surface area contributed by atoms with Gasteiger partial charge in [-0.25, -0.2) is 0 Å². The number of piperazine rings is 1. The van der Waals surface area contributed by atoms with Crippen LogP contribution in [0.15, 0.2) is 60.7 Å². The van der Waals surface area contributed by atoms with Gasteiger partial charge in [0, 0.05) is 45.2 Å². The molecule has 34 heavy (non-hydrogen) atoms. The number of likely N-dealkylation sites (tertiary alicyclic amines) is 1. The molecule has 6 heteroatoms. The third-order valence-corrected chi connectivity index (χ3v) is 7.56. The second-order valence-electron chi connectivity index (χ2n) is 9.99. The molecule has 1 atom stereocenters. The molecule has 1 N–H and O–H groups in total. The Balaban J connectivity index is 1.36. The summed E-state index contributed by atoms with van der Waals surface area (Å²) in [6.07, 6.45) is 2.60. The zero-order chi connectivity index (χ0) is 24.0. The van der Waals surface area contributed by atoms with Gasteiger partial charge in [-0.15, -0.1) is 0 Å². The Labute approximate surface area is 203 Å². The van der Waals surface area contributed by atoms with Gasteiger partial charge in [-0.3, -0.25) is 19.4 Å². The van der Waals surface area contributed by atoms with Crippen molar-refractivity contribution in [2.75, 3.05) is 46.3 Å². The molecule has 0 unspecified atom stereocenters. The van der Waals surface area contributed by atoms with Crippen molar-refractivity contribution in [3.63, 3.8) is 0 Å². The Morgan fingerprint density at radius 1 is 0.882 bits per heavy atom. The average Bonchev–Trinajstić information content (AvgIpc) is 2.89. The fourth-order valence-corrected chi connectivity index (χ4v) is 5.22. The smallest absolute Gasteiger partial charge is 0.243 e. The largest absolute Gasteiger partial charge is 0.357 e. The first-order chi connectivity index (χ1) is 16.5. The molecule has 0 aromatic heterocycles. The SMILES string of the molecule is CNC(=O)[C@H]1CN(CCc2ccccc2)CCN1C(=O)C1(C)CCN(Cc2ccccc2)CC1. The summed E-state index contributed by atoms with van der Waals surface area (Å²) >= 11 is 0. The first-order valence-electron chi connectivity index (χ1n) is 12.5. The molecule has 0 bridgehead atoms. The molecular formula is C28H38N4O2. The molecule has 6 nitrogen and oxygen atoms in total. The summed E-state index contributed by atoms with van der Waals surface area (Å²) in [5, 5.41) is 2.80. The Bertz CT molecular complexity index is 941. The van der Waals surface area contributed by atoms with Crippen molar-refractivity contribution in [3.05, 3.63) is 71.8 Å². The number of benzene rings is 2. The minimum Gasteiger partial charge on any atom is -0.357 e. The number of hydrogen-bond donors (Lipinski definition) is 1. The zero-order valence-electron chi connectivity index (χ0n) is 20.6. The van der Waals surface area contributed by atoms with E-state index in [1.807, 2.05) is 17.0 Å². The van der Waals surface area contributed by atoms with Gasteiger partial charge in [0.25, 0.3) is 0 Å². The van der Waals surface area contributed by atoms with Crippen molar-refractivity contribution in [2.24, 2.45) is 5.41 Å². The van der Waals surface area contributed by atoms with Gasteiger partial charge in [-0.05, 0) is 43.5 Å². The number of nitrogens with one attached hydrogen (secondary N) is 1. The third-order valence-electron chi connectivity index (χ3n) is 7.56. The lowest BCUT2D eigenvalue weighted by Gasteiger charge is -2.46. The molecule has 2 aromatic rings. The Morgan fingerprint density at radius 3 is 2.12 bits per heavy atom. The monoisotopic (exact) mass is 462 g/mol. The van der Waals surface area contributed by atoms with Crippen LogP contribution in [0.2, 0.25) is 0 Å². The quantitative estimate of drug-likeness (QED) is 0.688. The van der Waals surface area contributed by atoms with Crippen molar-refractivity contribution in [2.45, 2.75) is 38.8 Å². The number of nitrogens with zero attached hydrogens (tertiary/aromatic N) is 3. The Hall–Kier alpha value is -2.70. The molecule has 2 heterocycles. The van der Waals surface area contributed by atoms with Gasteiger partial charge in [0.2, 0.25) is 11.8 Å². The molecule has 182 valence electrons. The van der Waals surface area contributed by atoms with E-state index in [2.05, 4.69) is 70.6 Å². The van der Waals surface area contributed by atoms with E-state index >= 15 is 0 Å². The van der Waals surface area contributed by atoms with Crippen LogP contribution < -0.4 is 5.32 Å². The highest BCUT2D eigenvalue weighted by molar-refractivity contribution is 5.90. The standard InChI is InChI=1S/C28H38N4O2/c1-28(14-17-31(18-15-28)21-24-11-7-4-8-12-24)27(34)32-20-19-30(22-25(32)26(33)29-2)16-13-23-9-5-3-6-10-23/h3-12,25H,13-22H2,1-2H3,(H,29,33)/t25-/m1/s1. The lowest BCUT2D eigenvalue weighted by molar-refractivity contribution is -0.153. The molecular weight excluding hydrogens is 424 g/mol. The summed E-state index contributed by atoms with van der Waals surface area (Å²) in [6.45, 7) is 7.72. The summed E-state index contributed by atoms with van der Waals surface area (Å²) in [4.78, 5) is 33.2. The van der Waals surface area contributed by atoms with E-state index in [1.165, 1.54) is 11.1 Å². The molecule has 4 rings (SSSR count). The van der Waals surface area contributed by atoms with Crippen LogP contribution in [-0.4, -0.2) is 78.9 Å². The van der Waals surface area contributed by atoms with E-state index < -0.39 is 11.5 Å². The number of carbonyl (C=O) groups excluding carboxylic acids is 2. The van der Waals surface area contributed by atoms with Crippen molar-refractivity contribution in [3.8, 4) is 0 Å². The summed E-state index contributed by atoms with van der Waals surface area (Å²) < 4.78 is 0. The highest BCUT2D eigenvalue weighted by atomic mass is 16.2. The molecule has 0 spiro atoms. The normalized spacial score (nSPS) is 21.2. The molecule has 0 saturated carbocycles. The topological polar surface area (TPSA) is 55.9 Å². The van der Waals surface area contributed by atoms with Gasteiger partial charge in [0.05, 0.1) is 0 Å². The van der Waals surface area contributed by atoms with E-state index in [-0.39, 0.29) is 11.8 Å². The second kappa shape index (κ2) is 11.2. The molecule has 2 aromatic carbocycles. The van der Waals surface area contributed by atoms with Crippen LogP contribution >= 0.6 is 0 Å².